The summed E-state index contributed by atoms with van der Waals surface area (Å²) in [7, 11) is 0. The Kier molecular flexibility index (Phi) is 3.31. The van der Waals surface area contributed by atoms with Crippen LogP contribution < -0.4 is 5.32 Å². The van der Waals surface area contributed by atoms with Crippen molar-refractivity contribution in [2.45, 2.75) is 19.4 Å². The number of para-hydroxylation sites is 2. The number of fused-ring (bicyclic) bond motifs is 1. The summed E-state index contributed by atoms with van der Waals surface area (Å²) in [5.41, 5.74) is 1.77. The quantitative estimate of drug-likeness (QED) is 0.820. The summed E-state index contributed by atoms with van der Waals surface area (Å²) in [6, 6.07) is 7.95. The molecule has 0 fully saturated rings. The lowest BCUT2D eigenvalue weighted by Crippen LogP contribution is -2.17. The molecule has 0 aliphatic heterocycles. The number of nitrogens with one attached hydrogen (secondary N) is 1. The van der Waals surface area contributed by atoms with Gasteiger partial charge in [0.15, 0.2) is 0 Å². The molecular weight excluding hydrogens is 202 g/mol. The monoisotopic (exact) mass is 217 g/mol. The Labute approximate surface area is 94.4 Å². The molecule has 0 spiro atoms. The number of rotatable bonds is 4. The fourth-order valence-corrected chi connectivity index (χ4v) is 1.55. The zero-order valence-electron chi connectivity index (χ0n) is 9.22. The van der Waals surface area contributed by atoms with Crippen molar-refractivity contribution in [3.05, 3.63) is 30.5 Å². The van der Waals surface area contributed by atoms with Gasteiger partial charge >= 0.3 is 0 Å². The first kappa shape index (κ1) is 10.8. The molecule has 2 rings (SSSR count). The van der Waals surface area contributed by atoms with Crippen LogP contribution in [0.2, 0.25) is 0 Å². The van der Waals surface area contributed by atoms with Crippen LogP contribution in [0, 0.1) is 0 Å². The van der Waals surface area contributed by atoms with Crippen molar-refractivity contribution in [1.82, 2.24) is 9.97 Å². The van der Waals surface area contributed by atoms with Crippen molar-refractivity contribution in [2.75, 3.05) is 11.9 Å². The number of nitrogens with zero attached hydrogens (tertiary/aromatic N) is 2. The summed E-state index contributed by atoms with van der Waals surface area (Å²) in [5, 5.41) is 12.0. The van der Waals surface area contributed by atoms with Crippen molar-refractivity contribution in [2.24, 2.45) is 0 Å². The Morgan fingerprint density at radius 2 is 2.06 bits per heavy atom. The number of hydrogen-bond donors (Lipinski definition) is 2. The first-order valence-electron chi connectivity index (χ1n) is 5.39. The van der Waals surface area contributed by atoms with Crippen molar-refractivity contribution in [3.8, 4) is 0 Å². The highest BCUT2D eigenvalue weighted by Crippen LogP contribution is 2.12. The van der Waals surface area contributed by atoms with E-state index in [1.165, 1.54) is 0 Å². The molecule has 84 valence electrons. The van der Waals surface area contributed by atoms with Gasteiger partial charge < -0.3 is 10.4 Å². The Hall–Kier alpha value is -1.68. The van der Waals surface area contributed by atoms with E-state index in [0.29, 0.717) is 6.42 Å². The molecule has 1 atom stereocenters. The highest BCUT2D eigenvalue weighted by atomic mass is 16.3. The maximum atomic E-state index is 8.81. The molecule has 16 heavy (non-hydrogen) atoms. The number of aliphatic hydroxyl groups excluding tert-OH is 1. The number of aromatic nitrogens is 2. The van der Waals surface area contributed by atoms with Crippen LogP contribution >= 0.6 is 0 Å². The van der Waals surface area contributed by atoms with Crippen molar-refractivity contribution in [1.29, 1.82) is 0 Å². The summed E-state index contributed by atoms with van der Waals surface area (Å²) >= 11 is 0. The maximum Gasteiger partial charge on any atom is 0.145 e. The first-order chi connectivity index (χ1) is 7.79. The predicted octanol–water partition coefficient (Wildman–Crippen LogP) is 1.81. The van der Waals surface area contributed by atoms with Gasteiger partial charge in [0.05, 0.1) is 17.2 Å². The molecular formula is C12H15N3O. The fraction of sp³-hybridized carbons (Fsp3) is 0.333. The molecule has 2 aromatic rings. The molecule has 0 bridgehead atoms. The summed E-state index contributed by atoms with van der Waals surface area (Å²) in [6.45, 7) is 2.18. The molecule has 0 radical (unpaired) electrons. The zero-order chi connectivity index (χ0) is 11.4. The summed E-state index contributed by atoms with van der Waals surface area (Å²) in [6.07, 6.45) is 2.42. The normalized spacial score (nSPS) is 12.6. The molecule has 0 aliphatic rings. The minimum Gasteiger partial charge on any atom is -0.396 e. The summed E-state index contributed by atoms with van der Waals surface area (Å²) in [4.78, 5) is 8.75. The van der Waals surface area contributed by atoms with Gasteiger partial charge in [0.25, 0.3) is 0 Å². The molecule has 4 nitrogen and oxygen atoms in total. The second-order valence-electron chi connectivity index (χ2n) is 3.80. The van der Waals surface area contributed by atoms with Crippen LogP contribution in [-0.4, -0.2) is 27.7 Å². The van der Waals surface area contributed by atoms with Crippen LogP contribution in [-0.2, 0) is 0 Å². The molecule has 1 aromatic heterocycles. The molecule has 0 saturated carbocycles. The van der Waals surface area contributed by atoms with Gasteiger partial charge in [-0.15, -0.1) is 0 Å². The lowest BCUT2D eigenvalue weighted by atomic mass is 10.2. The zero-order valence-corrected chi connectivity index (χ0v) is 9.22. The fourth-order valence-electron chi connectivity index (χ4n) is 1.55. The van der Waals surface area contributed by atoms with E-state index >= 15 is 0 Å². The second kappa shape index (κ2) is 4.90. The SMILES string of the molecule is CC(CCO)Nc1cnc2ccccc2n1. The average molecular weight is 217 g/mol. The molecule has 1 aromatic carbocycles. The van der Waals surface area contributed by atoms with Crippen LogP contribution in [0.1, 0.15) is 13.3 Å². The van der Waals surface area contributed by atoms with E-state index in [9.17, 15) is 0 Å². The van der Waals surface area contributed by atoms with E-state index in [1.54, 1.807) is 6.20 Å². The van der Waals surface area contributed by atoms with Crippen LogP contribution in [0.25, 0.3) is 11.0 Å². The van der Waals surface area contributed by atoms with E-state index in [1.807, 2.05) is 31.2 Å². The highest BCUT2D eigenvalue weighted by Gasteiger charge is 2.03. The third-order valence-electron chi connectivity index (χ3n) is 2.40. The standard InChI is InChI=1S/C12H15N3O/c1-9(6-7-16)14-12-8-13-10-4-2-3-5-11(10)15-12/h2-5,8-9,16H,6-7H2,1H3,(H,14,15). The van der Waals surface area contributed by atoms with Gasteiger partial charge in [-0.1, -0.05) is 12.1 Å². The van der Waals surface area contributed by atoms with Crippen LogP contribution in [0.3, 0.4) is 0 Å². The molecule has 1 heterocycles. The van der Waals surface area contributed by atoms with Crippen molar-refractivity contribution in [3.63, 3.8) is 0 Å². The third-order valence-corrected chi connectivity index (χ3v) is 2.40. The third kappa shape index (κ3) is 2.46. The second-order valence-corrected chi connectivity index (χ2v) is 3.80. The molecule has 0 amide bonds. The smallest absolute Gasteiger partial charge is 0.145 e. The molecule has 4 heteroatoms. The number of benzene rings is 1. The molecule has 0 aliphatic carbocycles. The molecule has 1 unspecified atom stereocenters. The predicted molar refractivity (Wildman–Crippen MR) is 64.3 cm³/mol. The van der Waals surface area contributed by atoms with E-state index in [-0.39, 0.29) is 12.6 Å². The number of aliphatic hydroxyl groups is 1. The van der Waals surface area contributed by atoms with Crippen LogP contribution in [0.15, 0.2) is 30.5 Å². The average Bonchev–Trinajstić information content (AvgIpc) is 2.29. The minimum atomic E-state index is 0.176. The van der Waals surface area contributed by atoms with E-state index in [4.69, 9.17) is 5.11 Å². The van der Waals surface area contributed by atoms with Gasteiger partial charge in [0.2, 0.25) is 0 Å². The lowest BCUT2D eigenvalue weighted by Gasteiger charge is -2.12. The van der Waals surface area contributed by atoms with Crippen molar-refractivity contribution >= 4 is 16.9 Å². The van der Waals surface area contributed by atoms with Gasteiger partial charge in [-0.05, 0) is 25.5 Å². The Balaban J connectivity index is 2.19. The van der Waals surface area contributed by atoms with Gasteiger partial charge in [0.1, 0.15) is 5.82 Å². The van der Waals surface area contributed by atoms with E-state index in [0.717, 1.165) is 16.9 Å². The van der Waals surface area contributed by atoms with Gasteiger partial charge in [-0.2, -0.15) is 0 Å². The Morgan fingerprint density at radius 3 is 2.81 bits per heavy atom. The van der Waals surface area contributed by atoms with Crippen LogP contribution in [0.4, 0.5) is 5.82 Å². The summed E-state index contributed by atoms with van der Waals surface area (Å²) < 4.78 is 0. The molecule has 2 N–H and O–H groups in total. The first-order valence-corrected chi connectivity index (χ1v) is 5.39. The van der Waals surface area contributed by atoms with Gasteiger partial charge in [-0.3, -0.25) is 4.98 Å². The largest absolute Gasteiger partial charge is 0.396 e. The minimum absolute atomic E-state index is 0.176. The number of anilines is 1. The highest BCUT2D eigenvalue weighted by molar-refractivity contribution is 5.75. The Bertz CT molecular complexity index is 473. The van der Waals surface area contributed by atoms with Crippen LogP contribution in [0.5, 0.6) is 0 Å². The Morgan fingerprint density at radius 1 is 1.31 bits per heavy atom. The number of hydrogen-bond acceptors (Lipinski definition) is 4. The summed E-state index contributed by atoms with van der Waals surface area (Å²) in [5.74, 6) is 0.750. The van der Waals surface area contributed by atoms with E-state index < -0.39 is 0 Å². The molecule has 0 saturated heterocycles. The topological polar surface area (TPSA) is 58.0 Å². The lowest BCUT2D eigenvalue weighted by molar-refractivity contribution is 0.282. The van der Waals surface area contributed by atoms with Crippen molar-refractivity contribution < 1.29 is 5.11 Å². The van der Waals surface area contributed by atoms with E-state index in [2.05, 4.69) is 15.3 Å². The van der Waals surface area contributed by atoms with Gasteiger partial charge in [-0.25, -0.2) is 4.98 Å². The van der Waals surface area contributed by atoms with Gasteiger partial charge in [0, 0.05) is 12.6 Å². The maximum absolute atomic E-state index is 8.81.